The van der Waals surface area contributed by atoms with E-state index in [1.807, 2.05) is 0 Å². The van der Waals surface area contributed by atoms with Crippen LogP contribution in [0.15, 0.2) is 16.6 Å². The molecule has 1 aromatic rings. The highest BCUT2D eigenvalue weighted by Crippen LogP contribution is 2.32. The Bertz CT molecular complexity index is 365. The first kappa shape index (κ1) is 11.0. The molecule has 1 aromatic carbocycles. The summed E-state index contributed by atoms with van der Waals surface area (Å²) in [5.74, 6) is -0.964. The highest BCUT2D eigenvalue weighted by molar-refractivity contribution is 9.10. The maximum absolute atomic E-state index is 11.4. The summed E-state index contributed by atoms with van der Waals surface area (Å²) in [6.07, 6.45) is 0. The molecule has 5 heteroatoms. The lowest BCUT2D eigenvalue weighted by Crippen LogP contribution is -2.18. The molecule has 0 saturated carbocycles. The van der Waals surface area contributed by atoms with Gasteiger partial charge in [0.05, 0.1) is 12.1 Å². The molecule has 0 amide bonds. The van der Waals surface area contributed by atoms with Crippen LogP contribution in [0.5, 0.6) is 11.5 Å². The number of benzene rings is 1. The van der Waals surface area contributed by atoms with Gasteiger partial charge in [-0.25, -0.2) is 0 Å². The first-order valence-electron chi connectivity index (χ1n) is 3.95. The maximum atomic E-state index is 11.4. The Hall–Kier alpha value is -1.07. The number of nitrogens with one attached hydrogen (secondary N) is 1. The van der Waals surface area contributed by atoms with Gasteiger partial charge < -0.3 is 15.5 Å². The van der Waals surface area contributed by atoms with Gasteiger partial charge in [0.2, 0.25) is 0 Å². The van der Waals surface area contributed by atoms with Crippen LogP contribution in [-0.2, 0) is 0 Å². The van der Waals surface area contributed by atoms with Gasteiger partial charge in [-0.05, 0) is 19.2 Å². The zero-order valence-electron chi connectivity index (χ0n) is 7.54. The molecule has 0 saturated heterocycles. The van der Waals surface area contributed by atoms with E-state index in [0.29, 0.717) is 4.47 Å². The lowest BCUT2D eigenvalue weighted by Gasteiger charge is -2.05. The van der Waals surface area contributed by atoms with Crippen molar-refractivity contribution in [1.29, 1.82) is 0 Å². The van der Waals surface area contributed by atoms with Crippen molar-refractivity contribution in [2.45, 2.75) is 0 Å². The van der Waals surface area contributed by atoms with Crippen LogP contribution in [0.4, 0.5) is 0 Å². The zero-order valence-corrected chi connectivity index (χ0v) is 9.13. The molecule has 0 aromatic heterocycles. The van der Waals surface area contributed by atoms with Gasteiger partial charge >= 0.3 is 0 Å². The Morgan fingerprint density at radius 3 is 2.71 bits per heavy atom. The summed E-state index contributed by atoms with van der Waals surface area (Å²) < 4.78 is 0.548. The topological polar surface area (TPSA) is 69.6 Å². The second-order valence-electron chi connectivity index (χ2n) is 2.77. The molecule has 0 bridgehead atoms. The molecular weight excluding hydrogens is 250 g/mol. The number of carbonyl (C=O) groups excluding carboxylic acids is 1. The lowest BCUT2D eigenvalue weighted by atomic mass is 10.1. The van der Waals surface area contributed by atoms with E-state index >= 15 is 0 Å². The quantitative estimate of drug-likeness (QED) is 0.565. The summed E-state index contributed by atoms with van der Waals surface area (Å²) in [7, 11) is 1.63. The Balaban J connectivity index is 3.13. The molecule has 0 fully saturated rings. The van der Waals surface area contributed by atoms with Crippen LogP contribution >= 0.6 is 15.9 Å². The molecule has 0 radical (unpaired) electrons. The van der Waals surface area contributed by atoms with Crippen LogP contribution in [0, 0.1) is 0 Å². The van der Waals surface area contributed by atoms with E-state index in [9.17, 15) is 15.0 Å². The molecule has 0 unspecified atom stereocenters. The number of hydrogen-bond acceptors (Lipinski definition) is 4. The number of phenols is 2. The summed E-state index contributed by atoms with van der Waals surface area (Å²) in [6, 6.07) is 2.79. The van der Waals surface area contributed by atoms with Crippen molar-refractivity contribution in [3.05, 3.63) is 22.2 Å². The van der Waals surface area contributed by atoms with Crippen LogP contribution in [-0.4, -0.2) is 29.6 Å². The molecule has 0 heterocycles. The van der Waals surface area contributed by atoms with Crippen molar-refractivity contribution >= 4 is 21.7 Å². The molecule has 14 heavy (non-hydrogen) atoms. The number of halogens is 1. The molecule has 0 spiro atoms. The zero-order chi connectivity index (χ0) is 10.7. The standard InChI is InChI=1S/C9H10BrNO3/c1-11-4-8(13)6-2-5(10)3-7(12)9(6)14/h2-3,11-12,14H,4H2,1H3. The van der Waals surface area contributed by atoms with E-state index in [4.69, 9.17) is 0 Å². The first-order valence-corrected chi connectivity index (χ1v) is 4.75. The largest absolute Gasteiger partial charge is 0.504 e. The van der Waals surface area contributed by atoms with Gasteiger partial charge in [0.1, 0.15) is 0 Å². The fraction of sp³-hybridized carbons (Fsp3) is 0.222. The molecule has 1 rings (SSSR count). The fourth-order valence-corrected chi connectivity index (χ4v) is 1.50. The van der Waals surface area contributed by atoms with Crippen molar-refractivity contribution in [2.24, 2.45) is 0 Å². The van der Waals surface area contributed by atoms with Gasteiger partial charge in [0.15, 0.2) is 17.3 Å². The van der Waals surface area contributed by atoms with Gasteiger partial charge in [-0.15, -0.1) is 0 Å². The number of hydrogen-bond donors (Lipinski definition) is 3. The fourth-order valence-electron chi connectivity index (χ4n) is 1.05. The van der Waals surface area contributed by atoms with Crippen LogP contribution in [0.1, 0.15) is 10.4 Å². The second kappa shape index (κ2) is 4.43. The van der Waals surface area contributed by atoms with Gasteiger partial charge in [0, 0.05) is 4.47 Å². The summed E-state index contributed by atoms with van der Waals surface area (Å²) in [4.78, 5) is 11.4. The highest BCUT2D eigenvalue weighted by atomic mass is 79.9. The Labute approximate surface area is 89.7 Å². The van der Waals surface area contributed by atoms with E-state index in [2.05, 4.69) is 21.2 Å². The Kier molecular flexibility index (Phi) is 3.49. The first-order chi connectivity index (χ1) is 6.56. The van der Waals surface area contributed by atoms with Gasteiger partial charge in [-0.2, -0.15) is 0 Å². The van der Waals surface area contributed by atoms with Crippen LogP contribution in [0.3, 0.4) is 0 Å². The number of carbonyl (C=O) groups is 1. The minimum atomic E-state index is -0.381. The lowest BCUT2D eigenvalue weighted by molar-refractivity contribution is 0.0990. The van der Waals surface area contributed by atoms with E-state index in [0.717, 1.165) is 0 Å². The van der Waals surface area contributed by atoms with Crippen LogP contribution < -0.4 is 5.32 Å². The maximum Gasteiger partial charge on any atom is 0.180 e. The number of phenolic OH excluding ortho intramolecular Hbond substituents is 2. The van der Waals surface area contributed by atoms with Crippen molar-refractivity contribution in [3.63, 3.8) is 0 Å². The highest BCUT2D eigenvalue weighted by Gasteiger charge is 2.14. The monoisotopic (exact) mass is 259 g/mol. The van der Waals surface area contributed by atoms with E-state index in [-0.39, 0.29) is 29.4 Å². The molecule has 0 atom stereocenters. The third-order valence-corrected chi connectivity index (χ3v) is 2.15. The number of likely N-dealkylation sites (N-methyl/N-ethyl adjacent to an activating group) is 1. The molecular formula is C9H10BrNO3. The third-order valence-electron chi connectivity index (χ3n) is 1.69. The summed E-state index contributed by atoms with van der Waals surface area (Å²) >= 11 is 3.12. The number of Topliss-reactive ketones (excluding diaryl/α,β-unsaturated/α-hetero) is 1. The Morgan fingerprint density at radius 2 is 2.14 bits per heavy atom. The molecule has 3 N–H and O–H groups in total. The van der Waals surface area contributed by atoms with Gasteiger partial charge in [-0.1, -0.05) is 15.9 Å². The average Bonchev–Trinajstić information content (AvgIpc) is 2.11. The minimum absolute atomic E-state index is 0.103. The molecule has 0 aliphatic carbocycles. The van der Waals surface area contributed by atoms with Gasteiger partial charge in [-0.3, -0.25) is 4.79 Å². The second-order valence-corrected chi connectivity index (χ2v) is 3.69. The van der Waals surface area contributed by atoms with Crippen LogP contribution in [0.25, 0.3) is 0 Å². The third kappa shape index (κ3) is 2.24. The number of rotatable bonds is 3. The number of ketones is 1. The number of aromatic hydroxyl groups is 2. The average molecular weight is 260 g/mol. The molecule has 0 aliphatic rings. The molecule has 4 nitrogen and oxygen atoms in total. The van der Waals surface area contributed by atoms with E-state index in [1.165, 1.54) is 12.1 Å². The molecule has 0 aliphatic heterocycles. The summed E-state index contributed by atoms with van der Waals surface area (Å²) in [6.45, 7) is 0.115. The van der Waals surface area contributed by atoms with Crippen LogP contribution in [0.2, 0.25) is 0 Å². The van der Waals surface area contributed by atoms with E-state index < -0.39 is 0 Å². The molecule has 76 valence electrons. The van der Waals surface area contributed by atoms with Crippen molar-refractivity contribution in [1.82, 2.24) is 5.32 Å². The SMILES string of the molecule is CNCC(=O)c1cc(Br)cc(O)c1O. The summed E-state index contributed by atoms with van der Waals surface area (Å²) in [5.41, 5.74) is 0.103. The van der Waals surface area contributed by atoms with Crippen molar-refractivity contribution in [3.8, 4) is 11.5 Å². The smallest absolute Gasteiger partial charge is 0.180 e. The van der Waals surface area contributed by atoms with Crippen molar-refractivity contribution < 1.29 is 15.0 Å². The minimum Gasteiger partial charge on any atom is -0.504 e. The summed E-state index contributed by atoms with van der Waals surface area (Å²) in [5, 5.41) is 21.3. The van der Waals surface area contributed by atoms with Gasteiger partial charge in [0.25, 0.3) is 0 Å². The van der Waals surface area contributed by atoms with Crippen molar-refractivity contribution in [2.75, 3.05) is 13.6 Å². The normalized spacial score (nSPS) is 10.1. The predicted molar refractivity (Wildman–Crippen MR) is 55.7 cm³/mol. The predicted octanol–water partition coefficient (Wildman–Crippen LogP) is 1.26. The Morgan fingerprint density at radius 1 is 1.50 bits per heavy atom. The van der Waals surface area contributed by atoms with E-state index in [1.54, 1.807) is 7.05 Å².